The molecule has 7 nitrogen and oxygen atoms in total. The predicted octanol–water partition coefficient (Wildman–Crippen LogP) is 5.75. The van der Waals surface area contributed by atoms with Crippen LogP contribution < -0.4 is 5.32 Å². The standard InChI is InChI=1S/C30H28ClN5O2S/c31-19-12-18-5-11-35(17-30(16-32)6-9-33-10-7-30)26(18)24(13-19)21-4-8-34-25-14-20(39-27(21)25)15-36-28(37)22-2-1-3-23(22)29(36)38/h4-5,8,11-14,22-23,33H,1-3,6-7,9-10,15,17H2. The fourth-order valence-corrected chi connectivity index (χ4v) is 8.19. The highest BCUT2D eigenvalue weighted by molar-refractivity contribution is 7.19. The number of fused-ring (bicyclic) bond motifs is 3. The van der Waals surface area contributed by atoms with E-state index < -0.39 is 5.41 Å². The maximum Gasteiger partial charge on any atom is 0.233 e. The third-order valence-corrected chi connectivity index (χ3v) is 10.2. The molecule has 5 heterocycles. The molecule has 3 aliphatic rings. The number of imide groups is 1. The maximum absolute atomic E-state index is 13.0. The number of thiophene rings is 1. The molecule has 1 aromatic carbocycles. The summed E-state index contributed by atoms with van der Waals surface area (Å²) in [6.07, 6.45) is 8.08. The first-order valence-electron chi connectivity index (χ1n) is 13.6. The van der Waals surface area contributed by atoms with Crippen molar-refractivity contribution in [3.63, 3.8) is 0 Å². The topological polar surface area (TPSA) is 91.0 Å². The van der Waals surface area contributed by atoms with Crippen molar-refractivity contribution in [3.8, 4) is 17.2 Å². The Morgan fingerprint density at radius 2 is 1.87 bits per heavy atom. The lowest BCUT2D eigenvalue weighted by Gasteiger charge is -2.32. The molecule has 2 unspecified atom stereocenters. The largest absolute Gasteiger partial charge is 0.345 e. The van der Waals surface area contributed by atoms with Gasteiger partial charge < -0.3 is 9.88 Å². The van der Waals surface area contributed by atoms with Gasteiger partial charge in [0.1, 0.15) is 0 Å². The number of nitrogens with zero attached hydrogens (tertiary/aromatic N) is 4. The molecular weight excluding hydrogens is 530 g/mol. The molecule has 198 valence electrons. The number of hydrogen-bond acceptors (Lipinski definition) is 6. The fourth-order valence-electron chi connectivity index (χ4n) is 6.84. The van der Waals surface area contributed by atoms with Crippen LogP contribution in [0.15, 0.2) is 42.7 Å². The average molecular weight is 558 g/mol. The minimum absolute atomic E-state index is 0.0214. The predicted molar refractivity (Wildman–Crippen MR) is 152 cm³/mol. The summed E-state index contributed by atoms with van der Waals surface area (Å²) in [5.74, 6) is -0.312. The van der Waals surface area contributed by atoms with E-state index in [4.69, 9.17) is 11.6 Å². The number of nitrogens with one attached hydrogen (secondary N) is 1. The van der Waals surface area contributed by atoms with Gasteiger partial charge in [-0.05, 0) is 69.1 Å². The first-order valence-corrected chi connectivity index (χ1v) is 14.8. The van der Waals surface area contributed by atoms with Crippen molar-refractivity contribution in [3.05, 3.63) is 52.6 Å². The summed E-state index contributed by atoms with van der Waals surface area (Å²) in [5, 5.41) is 15.2. The van der Waals surface area contributed by atoms with Gasteiger partial charge in [-0.1, -0.05) is 18.0 Å². The van der Waals surface area contributed by atoms with E-state index in [1.54, 1.807) is 17.5 Å². The van der Waals surface area contributed by atoms with Crippen LogP contribution >= 0.6 is 22.9 Å². The molecule has 2 saturated heterocycles. The van der Waals surface area contributed by atoms with Gasteiger partial charge in [-0.15, -0.1) is 11.3 Å². The molecule has 2 aliphatic heterocycles. The zero-order chi connectivity index (χ0) is 26.7. The van der Waals surface area contributed by atoms with Gasteiger partial charge in [0.25, 0.3) is 0 Å². The Kier molecular flexibility index (Phi) is 6.00. The fraction of sp³-hybridized carbons (Fsp3) is 0.400. The molecular formula is C30H28ClN5O2S. The molecule has 2 amide bonds. The number of halogens is 1. The summed E-state index contributed by atoms with van der Waals surface area (Å²) in [5.41, 5.74) is 3.48. The SMILES string of the molecule is N#CC1(Cn2ccc3cc(Cl)cc(-c4ccnc5cc(CN6C(=O)C7CCCC7C6=O)sc45)c32)CCNCC1. The third-order valence-electron chi connectivity index (χ3n) is 8.85. The minimum Gasteiger partial charge on any atom is -0.345 e. The number of benzene rings is 1. The number of amides is 2. The first-order chi connectivity index (χ1) is 19.0. The molecule has 3 fully saturated rings. The Morgan fingerprint density at radius 3 is 2.62 bits per heavy atom. The monoisotopic (exact) mass is 557 g/mol. The number of likely N-dealkylation sites (tertiary alicyclic amines) is 1. The van der Waals surface area contributed by atoms with Crippen molar-refractivity contribution < 1.29 is 9.59 Å². The molecule has 2 atom stereocenters. The number of piperidine rings is 1. The van der Waals surface area contributed by atoms with Crippen LogP contribution in [0.25, 0.3) is 32.2 Å². The Labute approximate surface area is 235 Å². The van der Waals surface area contributed by atoms with Crippen LogP contribution in [0, 0.1) is 28.6 Å². The van der Waals surface area contributed by atoms with Crippen LogP contribution in [0.3, 0.4) is 0 Å². The number of pyridine rings is 1. The average Bonchev–Trinajstić information content (AvgIpc) is 3.72. The summed E-state index contributed by atoms with van der Waals surface area (Å²) in [7, 11) is 0. The molecule has 4 aromatic rings. The third kappa shape index (κ3) is 4.07. The van der Waals surface area contributed by atoms with Gasteiger partial charge in [-0.2, -0.15) is 5.26 Å². The van der Waals surface area contributed by atoms with Gasteiger partial charge in [0.15, 0.2) is 0 Å². The smallest absolute Gasteiger partial charge is 0.233 e. The lowest BCUT2D eigenvalue weighted by Crippen LogP contribution is -2.38. The number of carbonyl (C=O) groups is 2. The second-order valence-electron chi connectivity index (χ2n) is 11.2. The number of rotatable bonds is 5. The summed E-state index contributed by atoms with van der Waals surface area (Å²) >= 11 is 8.19. The normalized spacial score (nSPS) is 22.6. The highest BCUT2D eigenvalue weighted by Gasteiger charge is 2.49. The van der Waals surface area contributed by atoms with Gasteiger partial charge in [0.2, 0.25) is 11.8 Å². The van der Waals surface area contributed by atoms with Crippen LogP contribution in [0.5, 0.6) is 0 Å². The molecule has 9 heteroatoms. The number of hydrogen-bond donors (Lipinski definition) is 1. The number of aromatic nitrogens is 2. The minimum atomic E-state index is -0.412. The second-order valence-corrected chi connectivity index (χ2v) is 12.7. The highest BCUT2D eigenvalue weighted by Crippen LogP contribution is 2.43. The van der Waals surface area contributed by atoms with E-state index in [0.717, 1.165) is 82.3 Å². The van der Waals surface area contributed by atoms with E-state index in [2.05, 4.69) is 33.2 Å². The summed E-state index contributed by atoms with van der Waals surface area (Å²) in [4.78, 5) is 32.9. The molecule has 0 spiro atoms. The van der Waals surface area contributed by atoms with Crippen molar-refractivity contribution >= 4 is 55.9 Å². The Bertz CT molecular complexity index is 1660. The Morgan fingerprint density at radius 1 is 1.10 bits per heavy atom. The molecule has 1 N–H and O–H groups in total. The van der Waals surface area contributed by atoms with E-state index in [0.29, 0.717) is 18.1 Å². The van der Waals surface area contributed by atoms with Crippen molar-refractivity contribution in [1.82, 2.24) is 19.8 Å². The summed E-state index contributed by atoms with van der Waals surface area (Å²) < 4.78 is 3.20. The quantitative estimate of drug-likeness (QED) is 0.315. The molecule has 39 heavy (non-hydrogen) atoms. The van der Waals surface area contributed by atoms with Crippen LogP contribution in [-0.4, -0.2) is 39.4 Å². The molecule has 0 radical (unpaired) electrons. The van der Waals surface area contributed by atoms with Crippen LogP contribution in [0.4, 0.5) is 0 Å². The summed E-state index contributed by atoms with van der Waals surface area (Å²) in [6, 6.07) is 12.7. The summed E-state index contributed by atoms with van der Waals surface area (Å²) in [6.45, 7) is 2.61. The lowest BCUT2D eigenvalue weighted by atomic mass is 9.80. The van der Waals surface area contributed by atoms with Gasteiger partial charge in [0.05, 0.1) is 45.6 Å². The van der Waals surface area contributed by atoms with E-state index >= 15 is 0 Å². The van der Waals surface area contributed by atoms with Crippen molar-refractivity contribution in [2.24, 2.45) is 17.3 Å². The number of nitriles is 1. The van der Waals surface area contributed by atoms with Gasteiger partial charge in [-0.25, -0.2) is 0 Å². The van der Waals surface area contributed by atoms with E-state index in [1.165, 1.54) is 4.90 Å². The lowest BCUT2D eigenvalue weighted by molar-refractivity contribution is -0.140. The zero-order valence-corrected chi connectivity index (χ0v) is 23.0. The van der Waals surface area contributed by atoms with Crippen molar-refractivity contribution in [2.45, 2.75) is 45.2 Å². The second kappa shape index (κ2) is 9.44. The maximum atomic E-state index is 13.0. The zero-order valence-electron chi connectivity index (χ0n) is 21.5. The first kappa shape index (κ1) is 24.8. The Balaban J connectivity index is 1.29. The molecule has 3 aromatic heterocycles. The van der Waals surface area contributed by atoms with Crippen LogP contribution in [-0.2, 0) is 22.7 Å². The molecule has 1 aliphatic carbocycles. The molecule has 7 rings (SSSR count). The van der Waals surface area contributed by atoms with Crippen LogP contribution in [0.1, 0.15) is 37.0 Å². The Hall–Kier alpha value is -3.25. The van der Waals surface area contributed by atoms with E-state index in [1.807, 2.05) is 24.3 Å². The van der Waals surface area contributed by atoms with Crippen molar-refractivity contribution in [1.29, 1.82) is 5.26 Å². The van der Waals surface area contributed by atoms with Gasteiger partial charge in [0, 0.05) is 45.4 Å². The molecule has 0 bridgehead atoms. The highest BCUT2D eigenvalue weighted by atomic mass is 35.5. The van der Waals surface area contributed by atoms with E-state index in [9.17, 15) is 14.9 Å². The van der Waals surface area contributed by atoms with Gasteiger partial charge in [-0.3, -0.25) is 19.5 Å². The van der Waals surface area contributed by atoms with Crippen molar-refractivity contribution in [2.75, 3.05) is 13.1 Å². The van der Waals surface area contributed by atoms with E-state index in [-0.39, 0.29) is 23.7 Å². The van der Waals surface area contributed by atoms with Crippen LogP contribution in [0.2, 0.25) is 5.02 Å². The van der Waals surface area contributed by atoms with Gasteiger partial charge >= 0.3 is 0 Å². The number of carbonyl (C=O) groups excluding carboxylic acids is 2. The molecule has 1 saturated carbocycles.